The third kappa shape index (κ3) is 44.3. The van der Waals surface area contributed by atoms with Gasteiger partial charge in [0.15, 0.2) is 6.10 Å². The van der Waals surface area contributed by atoms with Crippen LogP contribution in [0.15, 0.2) is 48.6 Å². The second-order valence-corrected chi connectivity index (χ2v) is 16.0. The maximum absolute atomic E-state index is 12.7. The Morgan fingerprint density at radius 2 is 0.632 bits per heavy atom. The van der Waals surface area contributed by atoms with E-state index in [9.17, 15) is 14.4 Å². The van der Waals surface area contributed by atoms with Crippen LogP contribution in [0.1, 0.15) is 239 Å². The van der Waals surface area contributed by atoms with Crippen LogP contribution in [0, 0.1) is 0 Å². The van der Waals surface area contributed by atoms with Crippen molar-refractivity contribution in [1.82, 2.24) is 0 Å². The van der Waals surface area contributed by atoms with Crippen LogP contribution in [0.25, 0.3) is 0 Å². The first-order valence-corrected chi connectivity index (χ1v) is 24.1. The number of carbonyl (C=O) groups excluding carboxylic acids is 3. The topological polar surface area (TPSA) is 78.9 Å². The molecule has 0 saturated carbocycles. The smallest absolute Gasteiger partial charge is 0.306 e. The van der Waals surface area contributed by atoms with E-state index in [1.807, 2.05) is 0 Å². The molecule has 0 N–H and O–H groups in total. The lowest BCUT2D eigenvalue weighted by atomic mass is 10.0. The second-order valence-electron chi connectivity index (χ2n) is 16.0. The van der Waals surface area contributed by atoms with Gasteiger partial charge in [-0.15, -0.1) is 0 Å². The van der Waals surface area contributed by atoms with Gasteiger partial charge in [-0.2, -0.15) is 0 Å². The Morgan fingerprint density at radius 1 is 0.351 bits per heavy atom. The van der Waals surface area contributed by atoms with Gasteiger partial charge in [-0.1, -0.05) is 185 Å². The van der Waals surface area contributed by atoms with Gasteiger partial charge in [0.25, 0.3) is 0 Å². The maximum atomic E-state index is 12.7. The first-order valence-electron chi connectivity index (χ1n) is 24.1. The minimum Gasteiger partial charge on any atom is -0.462 e. The van der Waals surface area contributed by atoms with Crippen LogP contribution in [0.3, 0.4) is 0 Å². The zero-order valence-electron chi connectivity index (χ0n) is 37.6. The largest absolute Gasteiger partial charge is 0.462 e. The van der Waals surface area contributed by atoms with Gasteiger partial charge in [0.2, 0.25) is 0 Å². The van der Waals surface area contributed by atoms with E-state index in [0.29, 0.717) is 19.3 Å². The van der Waals surface area contributed by atoms with Gasteiger partial charge >= 0.3 is 17.9 Å². The fourth-order valence-corrected chi connectivity index (χ4v) is 6.62. The summed E-state index contributed by atoms with van der Waals surface area (Å²) in [5.41, 5.74) is 0. The Hall–Kier alpha value is -2.63. The molecule has 0 unspecified atom stereocenters. The molecule has 0 fully saturated rings. The molecular formula is C51H90O6. The number of esters is 3. The SMILES string of the molecule is CCCCC/C=C\C/C=C\C/C=C\CCCCC(=O)OC[C@@H](COC(=O)CCCCCCCCCCCCCC)OC(=O)CCCCCCC/C=C\CCCCC. The van der Waals surface area contributed by atoms with E-state index in [-0.39, 0.29) is 31.1 Å². The molecule has 6 nitrogen and oxygen atoms in total. The third-order valence-electron chi connectivity index (χ3n) is 10.3. The Bertz CT molecular complexity index is 1010. The molecule has 0 bridgehead atoms. The molecule has 6 heteroatoms. The molecule has 330 valence electrons. The summed E-state index contributed by atoms with van der Waals surface area (Å²) < 4.78 is 16.7. The molecule has 57 heavy (non-hydrogen) atoms. The monoisotopic (exact) mass is 799 g/mol. The molecule has 0 aromatic carbocycles. The van der Waals surface area contributed by atoms with Gasteiger partial charge in [0, 0.05) is 19.3 Å². The van der Waals surface area contributed by atoms with Crippen LogP contribution in [0.2, 0.25) is 0 Å². The summed E-state index contributed by atoms with van der Waals surface area (Å²) in [4.78, 5) is 37.8. The van der Waals surface area contributed by atoms with Crippen molar-refractivity contribution in [2.45, 2.75) is 245 Å². The van der Waals surface area contributed by atoms with Crippen molar-refractivity contribution in [3.63, 3.8) is 0 Å². The summed E-state index contributed by atoms with van der Waals surface area (Å²) >= 11 is 0. The molecular weight excluding hydrogens is 709 g/mol. The van der Waals surface area contributed by atoms with Gasteiger partial charge < -0.3 is 14.2 Å². The Morgan fingerprint density at radius 3 is 1.07 bits per heavy atom. The van der Waals surface area contributed by atoms with E-state index in [2.05, 4.69) is 69.4 Å². The molecule has 0 rings (SSSR count). The van der Waals surface area contributed by atoms with Crippen molar-refractivity contribution in [3.8, 4) is 0 Å². The molecule has 0 heterocycles. The van der Waals surface area contributed by atoms with Gasteiger partial charge in [-0.3, -0.25) is 14.4 Å². The van der Waals surface area contributed by atoms with Gasteiger partial charge in [-0.05, 0) is 83.5 Å². The van der Waals surface area contributed by atoms with Gasteiger partial charge in [0.1, 0.15) is 13.2 Å². The van der Waals surface area contributed by atoms with Crippen molar-refractivity contribution >= 4 is 17.9 Å². The van der Waals surface area contributed by atoms with E-state index in [4.69, 9.17) is 14.2 Å². The van der Waals surface area contributed by atoms with E-state index in [1.54, 1.807) is 0 Å². The Labute approximate surface area is 352 Å². The van der Waals surface area contributed by atoms with Crippen molar-refractivity contribution in [3.05, 3.63) is 48.6 Å². The van der Waals surface area contributed by atoms with E-state index in [0.717, 1.165) is 83.5 Å². The van der Waals surface area contributed by atoms with Crippen molar-refractivity contribution in [1.29, 1.82) is 0 Å². The lowest BCUT2D eigenvalue weighted by molar-refractivity contribution is -0.167. The molecule has 0 aliphatic carbocycles. The average molecular weight is 799 g/mol. The van der Waals surface area contributed by atoms with Crippen LogP contribution in [-0.2, 0) is 28.6 Å². The van der Waals surface area contributed by atoms with Crippen molar-refractivity contribution in [2.75, 3.05) is 13.2 Å². The molecule has 0 saturated heterocycles. The highest BCUT2D eigenvalue weighted by Gasteiger charge is 2.19. The number of ether oxygens (including phenoxy) is 3. The van der Waals surface area contributed by atoms with Gasteiger partial charge in [0.05, 0.1) is 0 Å². The standard InChI is InChI=1S/C51H90O6/c1-4-7-10-13-16-19-22-25-26-27-30-32-35-38-41-44-50(53)56-47-48(57-51(54)45-42-39-36-33-29-24-21-18-15-12-9-6-3)46-55-49(52)43-40-37-34-31-28-23-20-17-14-11-8-5-2/h16,18-19,21,25-26,30,32,48H,4-15,17,20,22-24,27-29,31,33-47H2,1-3H3/b19-16-,21-18-,26-25-,32-30-/t48-/m1/s1. The van der Waals surface area contributed by atoms with Crippen LogP contribution < -0.4 is 0 Å². The maximum Gasteiger partial charge on any atom is 0.306 e. The summed E-state index contributed by atoms with van der Waals surface area (Å²) in [6.45, 7) is 6.54. The highest BCUT2D eigenvalue weighted by atomic mass is 16.6. The molecule has 0 aliphatic rings. The number of carbonyl (C=O) groups is 3. The average Bonchev–Trinajstić information content (AvgIpc) is 3.21. The molecule has 0 aliphatic heterocycles. The Balaban J connectivity index is 4.44. The number of rotatable bonds is 43. The summed E-state index contributed by atoms with van der Waals surface area (Å²) in [7, 11) is 0. The van der Waals surface area contributed by atoms with Crippen molar-refractivity contribution in [2.24, 2.45) is 0 Å². The van der Waals surface area contributed by atoms with Crippen LogP contribution in [-0.4, -0.2) is 37.2 Å². The molecule has 1 atom stereocenters. The number of unbranched alkanes of at least 4 members (excludes halogenated alkanes) is 24. The number of hydrogen-bond donors (Lipinski definition) is 0. The third-order valence-corrected chi connectivity index (χ3v) is 10.3. The predicted octanol–water partition coefficient (Wildman–Crippen LogP) is 15.5. The minimum absolute atomic E-state index is 0.0867. The number of hydrogen-bond acceptors (Lipinski definition) is 6. The zero-order valence-corrected chi connectivity index (χ0v) is 37.6. The highest BCUT2D eigenvalue weighted by molar-refractivity contribution is 5.71. The van der Waals surface area contributed by atoms with E-state index < -0.39 is 6.10 Å². The fraction of sp³-hybridized carbons (Fsp3) is 0.784. The molecule has 0 aromatic heterocycles. The van der Waals surface area contributed by atoms with E-state index in [1.165, 1.54) is 116 Å². The molecule has 0 radical (unpaired) electrons. The lowest BCUT2D eigenvalue weighted by Crippen LogP contribution is -2.30. The highest BCUT2D eigenvalue weighted by Crippen LogP contribution is 2.14. The zero-order chi connectivity index (χ0) is 41.5. The normalized spacial score (nSPS) is 12.4. The lowest BCUT2D eigenvalue weighted by Gasteiger charge is -2.18. The first-order chi connectivity index (χ1) is 28.0. The quantitative estimate of drug-likeness (QED) is 0.0265. The first kappa shape index (κ1) is 54.4. The van der Waals surface area contributed by atoms with Crippen LogP contribution in [0.5, 0.6) is 0 Å². The number of allylic oxidation sites excluding steroid dienone is 8. The fourth-order valence-electron chi connectivity index (χ4n) is 6.62. The molecule has 0 amide bonds. The van der Waals surface area contributed by atoms with Crippen LogP contribution >= 0.6 is 0 Å². The molecule has 0 spiro atoms. The summed E-state index contributed by atoms with van der Waals surface area (Å²) in [5.74, 6) is -0.934. The molecule has 0 aromatic rings. The Kier molecular flexibility index (Phi) is 43.9. The summed E-state index contributed by atoms with van der Waals surface area (Å²) in [6.07, 6.45) is 53.7. The van der Waals surface area contributed by atoms with E-state index >= 15 is 0 Å². The second kappa shape index (κ2) is 46.1. The van der Waals surface area contributed by atoms with Crippen molar-refractivity contribution < 1.29 is 28.6 Å². The van der Waals surface area contributed by atoms with Crippen LogP contribution in [0.4, 0.5) is 0 Å². The minimum atomic E-state index is -0.788. The summed E-state index contributed by atoms with van der Waals surface area (Å²) in [5, 5.41) is 0. The summed E-state index contributed by atoms with van der Waals surface area (Å²) in [6, 6.07) is 0. The predicted molar refractivity (Wildman–Crippen MR) is 242 cm³/mol. The van der Waals surface area contributed by atoms with Gasteiger partial charge in [-0.25, -0.2) is 0 Å².